The summed E-state index contributed by atoms with van der Waals surface area (Å²) >= 11 is 0. The van der Waals surface area contributed by atoms with E-state index in [0.717, 1.165) is 37.3 Å². The molecule has 1 aliphatic rings. The third-order valence-corrected chi connectivity index (χ3v) is 4.24. The van der Waals surface area contributed by atoms with Gasteiger partial charge < -0.3 is 0 Å². The Balaban J connectivity index is 1.43. The van der Waals surface area contributed by atoms with Crippen molar-refractivity contribution in [2.45, 2.75) is 19.0 Å². The molecule has 3 aromatic rings. The molecule has 1 atom stereocenters. The predicted molar refractivity (Wildman–Crippen MR) is 86.4 cm³/mol. The zero-order chi connectivity index (χ0) is 15.5. The SMILES string of the molecule is c1ccc(CN2CCC(n3cc(-c4cncnc4)nn3)C2)cc1. The van der Waals surface area contributed by atoms with Gasteiger partial charge in [-0.2, -0.15) is 0 Å². The van der Waals surface area contributed by atoms with Crippen molar-refractivity contribution in [3.8, 4) is 11.3 Å². The van der Waals surface area contributed by atoms with Crippen LogP contribution in [0.1, 0.15) is 18.0 Å². The van der Waals surface area contributed by atoms with Gasteiger partial charge >= 0.3 is 0 Å². The third kappa shape index (κ3) is 3.12. The average Bonchev–Trinajstić information content (AvgIpc) is 3.26. The van der Waals surface area contributed by atoms with Crippen LogP contribution in [0.3, 0.4) is 0 Å². The van der Waals surface area contributed by atoms with Gasteiger partial charge in [0.25, 0.3) is 0 Å². The molecule has 1 unspecified atom stereocenters. The summed E-state index contributed by atoms with van der Waals surface area (Å²) in [5, 5.41) is 8.55. The Hall–Kier alpha value is -2.60. The number of nitrogens with zero attached hydrogens (tertiary/aromatic N) is 6. The lowest BCUT2D eigenvalue weighted by Crippen LogP contribution is -2.21. The van der Waals surface area contributed by atoms with E-state index in [-0.39, 0.29) is 0 Å². The summed E-state index contributed by atoms with van der Waals surface area (Å²) in [4.78, 5) is 10.5. The van der Waals surface area contributed by atoms with Crippen LogP contribution in [0, 0.1) is 0 Å². The second-order valence-electron chi connectivity index (χ2n) is 5.87. The minimum Gasteiger partial charge on any atom is -0.297 e. The molecule has 1 aliphatic heterocycles. The molecular formula is C17H18N6. The van der Waals surface area contributed by atoms with Crippen LogP contribution in [0.4, 0.5) is 0 Å². The van der Waals surface area contributed by atoms with E-state index in [1.54, 1.807) is 12.4 Å². The van der Waals surface area contributed by atoms with Crippen LogP contribution in [-0.4, -0.2) is 43.0 Å². The van der Waals surface area contributed by atoms with Crippen molar-refractivity contribution in [2.75, 3.05) is 13.1 Å². The molecule has 4 rings (SSSR count). The third-order valence-electron chi connectivity index (χ3n) is 4.24. The zero-order valence-corrected chi connectivity index (χ0v) is 12.8. The summed E-state index contributed by atoms with van der Waals surface area (Å²) in [5.74, 6) is 0. The standard InChI is InChI=1S/C17H18N6/c1-2-4-14(5-3-1)10-22-7-6-16(11-22)23-12-17(20-21-23)15-8-18-13-19-9-15/h1-5,8-9,12-13,16H,6-7,10-11H2. The van der Waals surface area contributed by atoms with Crippen LogP contribution in [0.2, 0.25) is 0 Å². The van der Waals surface area contributed by atoms with Crippen molar-refractivity contribution in [2.24, 2.45) is 0 Å². The number of rotatable bonds is 4. The molecular weight excluding hydrogens is 288 g/mol. The van der Waals surface area contributed by atoms with Gasteiger partial charge in [-0.1, -0.05) is 35.5 Å². The molecule has 0 saturated carbocycles. The summed E-state index contributed by atoms with van der Waals surface area (Å²) < 4.78 is 1.98. The van der Waals surface area contributed by atoms with Crippen LogP contribution in [-0.2, 0) is 6.54 Å². The Kier molecular flexibility index (Phi) is 3.81. The Morgan fingerprint density at radius 1 is 1.09 bits per heavy atom. The van der Waals surface area contributed by atoms with Gasteiger partial charge in [-0.25, -0.2) is 14.6 Å². The van der Waals surface area contributed by atoms with E-state index in [0.29, 0.717) is 6.04 Å². The topological polar surface area (TPSA) is 59.7 Å². The second kappa shape index (κ2) is 6.26. The van der Waals surface area contributed by atoms with Crippen molar-refractivity contribution < 1.29 is 0 Å². The molecule has 0 N–H and O–H groups in total. The molecule has 2 aromatic heterocycles. The fourth-order valence-corrected chi connectivity index (χ4v) is 3.03. The maximum atomic E-state index is 4.30. The van der Waals surface area contributed by atoms with Crippen molar-refractivity contribution in [1.29, 1.82) is 0 Å². The lowest BCUT2D eigenvalue weighted by atomic mass is 10.2. The summed E-state index contributed by atoms with van der Waals surface area (Å²) in [6.45, 7) is 3.08. The number of hydrogen-bond acceptors (Lipinski definition) is 5. The van der Waals surface area contributed by atoms with Crippen LogP contribution in [0.25, 0.3) is 11.3 Å². The van der Waals surface area contributed by atoms with Crippen LogP contribution < -0.4 is 0 Å². The quantitative estimate of drug-likeness (QED) is 0.739. The van der Waals surface area contributed by atoms with Crippen molar-refractivity contribution in [1.82, 2.24) is 29.9 Å². The Morgan fingerprint density at radius 3 is 2.74 bits per heavy atom. The molecule has 0 aliphatic carbocycles. The highest BCUT2D eigenvalue weighted by Crippen LogP contribution is 2.24. The Bertz CT molecular complexity index is 755. The van der Waals surface area contributed by atoms with Crippen LogP contribution >= 0.6 is 0 Å². The summed E-state index contributed by atoms with van der Waals surface area (Å²) in [5.41, 5.74) is 3.08. The monoisotopic (exact) mass is 306 g/mol. The molecule has 6 nitrogen and oxygen atoms in total. The highest BCUT2D eigenvalue weighted by molar-refractivity contribution is 5.54. The molecule has 6 heteroatoms. The van der Waals surface area contributed by atoms with Crippen LogP contribution in [0.5, 0.6) is 0 Å². The maximum absolute atomic E-state index is 4.30. The van der Waals surface area contributed by atoms with Gasteiger partial charge in [0.05, 0.1) is 12.2 Å². The highest BCUT2D eigenvalue weighted by atomic mass is 15.4. The van der Waals surface area contributed by atoms with E-state index < -0.39 is 0 Å². The van der Waals surface area contributed by atoms with E-state index in [9.17, 15) is 0 Å². The number of aromatic nitrogens is 5. The smallest absolute Gasteiger partial charge is 0.116 e. The number of benzene rings is 1. The Labute approximate surface area is 134 Å². The Morgan fingerprint density at radius 2 is 1.91 bits per heavy atom. The molecule has 3 heterocycles. The van der Waals surface area contributed by atoms with Crippen LogP contribution in [0.15, 0.2) is 55.2 Å². The highest BCUT2D eigenvalue weighted by Gasteiger charge is 2.25. The molecule has 1 saturated heterocycles. The first kappa shape index (κ1) is 14.0. The molecule has 1 aromatic carbocycles. The minimum absolute atomic E-state index is 0.379. The number of likely N-dealkylation sites (tertiary alicyclic amines) is 1. The fourth-order valence-electron chi connectivity index (χ4n) is 3.03. The predicted octanol–water partition coefficient (Wildman–Crippen LogP) is 2.18. The van der Waals surface area contributed by atoms with E-state index in [1.165, 1.54) is 11.9 Å². The lowest BCUT2D eigenvalue weighted by Gasteiger charge is -2.15. The van der Waals surface area contributed by atoms with Crippen molar-refractivity contribution in [3.05, 3.63) is 60.8 Å². The van der Waals surface area contributed by atoms with Gasteiger partial charge in [-0.05, 0) is 12.0 Å². The zero-order valence-electron chi connectivity index (χ0n) is 12.8. The van der Waals surface area contributed by atoms with E-state index >= 15 is 0 Å². The van der Waals surface area contributed by atoms with Gasteiger partial charge in [0.15, 0.2) is 0 Å². The molecule has 0 radical (unpaired) electrons. The first-order valence-electron chi connectivity index (χ1n) is 7.82. The first-order valence-corrected chi connectivity index (χ1v) is 7.82. The van der Waals surface area contributed by atoms with Crippen molar-refractivity contribution >= 4 is 0 Å². The van der Waals surface area contributed by atoms with Gasteiger partial charge in [0.2, 0.25) is 0 Å². The summed E-state index contributed by atoms with van der Waals surface area (Å²) in [7, 11) is 0. The second-order valence-corrected chi connectivity index (χ2v) is 5.87. The molecule has 0 spiro atoms. The normalized spacial score (nSPS) is 18.3. The van der Waals surface area contributed by atoms with Gasteiger partial charge in [0.1, 0.15) is 12.0 Å². The molecule has 0 amide bonds. The fraction of sp³-hybridized carbons (Fsp3) is 0.294. The molecule has 116 valence electrons. The molecule has 23 heavy (non-hydrogen) atoms. The van der Waals surface area contributed by atoms with Gasteiger partial charge in [0, 0.05) is 37.6 Å². The molecule has 0 bridgehead atoms. The largest absolute Gasteiger partial charge is 0.297 e. The summed E-state index contributed by atoms with van der Waals surface area (Å²) in [6, 6.07) is 11.0. The van der Waals surface area contributed by atoms with Gasteiger partial charge in [-0.15, -0.1) is 5.10 Å². The summed E-state index contributed by atoms with van der Waals surface area (Å²) in [6.07, 6.45) is 8.14. The number of hydrogen-bond donors (Lipinski definition) is 0. The van der Waals surface area contributed by atoms with E-state index in [1.807, 2.05) is 10.9 Å². The minimum atomic E-state index is 0.379. The first-order chi connectivity index (χ1) is 11.4. The van der Waals surface area contributed by atoms with E-state index in [4.69, 9.17) is 0 Å². The molecule has 1 fully saturated rings. The maximum Gasteiger partial charge on any atom is 0.116 e. The lowest BCUT2D eigenvalue weighted by molar-refractivity contribution is 0.310. The average molecular weight is 306 g/mol. The van der Waals surface area contributed by atoms with E-state index in [2.05, 4.69) is 55.5 Å². The van der Waals surface area contributed by atoms with Gasteiger partial charge in [-0.3, -0.25) is 4.90 Å². The van der Waals surface area contributed by atoms with Crippen molar-refractivity contribution in [3.63, 3.8) is 0 Å².